The van der Waals surface area contributed by atoms with Crippen LogP contribution in [0.25, 0.3) is 21.9 Å². The van der Waals surface area contributed by atoms with Crippen LogP contribution in [-0.2, 0) is 23.8 Å². The maximum Gasteiger partial charge on any atom is 0.407 e. The van der Waals surface area contributed by atoms with Crippen molar-refractivity contribution in [2.24, 2.45) is 21.8 Å². The van der Waals surface area contributed by atoms with Gasteiger partial charge in [0.05, 0.1) is 62.0 Å². The average Bonchev–Trinajstić information content (AvgIpc) is 4.06. The third kappa shape index (κ3) is 9.74. The van der Waals surface area contributed by atoms with E-state index in [9.17, 15) is 24.0 Å². The van der Waals surface area contributed by atoms with Crippen molar-refractivity contribution in [1.29, 1.82) is 0 Å². The lowest BCUT2D eigenvalue weighted by Gasteiger charge is -2.34. The number of nitrogens with zero attached hydrogens (tertiary/aromatic N) is 3. The van der Waals surface area contributed by atoms with Crippen LogP contribution in [0.5, 0.6) is 0 Å². The molecule has 61 heavy (non-hydrogen) atoms. The minimum Gasteiger partial charge on any atom is -0.456 e. The van der Waals surface area contributed by atoms with E-state index < -0.39 is 36.1 Å². The van der Waals surface area contributed by atoms with Gasteiger partial charge in [-0.15, -0.1) is 0 Å². The quantitative estimate of drug-likeness (QED) is 0.116. The van der Waals surface area contributed by atoms with Crippen molar-refractivity contribution in [3.05, 3.63) is 57.5 Å². The minimum atomic E-state index is -0.737. The first-order valence-corrected chi connectivity index (χ1v) is 21.1. The van der Waals surface area contributed by atoms with Crippen molar-refractivity contribution in [2.75, 3.05) is 53.6 Å². The Morgan fingerprint density at radius 1 is 0.918 bits per heavy atom. The number of carbonyl (C=O) groups is 4. The van der Waals surface area contributed by atoms with Gasteiger partial charge in [-0.25, -0.2) is 14.0 Å². The molecule has 0 radical (unpaired) electrons. The SMILES string of the molecule is COC(=O)N[C@H](C(=O)NCCCCC1=NCC(c2cc3oc4ccc(C5CN=C([C@@H]6CCCN6C(=O)[C@@H](NC(=O)OC)C6CCOCC6)N5)cc4c(=O)c3cc2F)N1)C(C)C. The number of alkyl carbamates (subject to hydrolysis) is 2. The zero-order valence-corrected chi connectivity index (χ0v) is 35.0. The van der Waals surface area contributed by atoms with Gasteiger partial charge in [0, 0.05) is 38.3 Å². The van der Waals surface area contributed by atoms with E-state index in [0.717, 1.165) is 17.8 Å². The van der Waals surface area contributed by atoms with Crippen LogP contribution < -0.4 is 32.0 Å². The van der Waals surface area contributed by atoms with E-state index in [1.54, 1.807) is 23.1 Å². The third-order valence-corrected chi connectivity index (χ3v) is 12.0. The Balaban J connectivity index is 0.962. The molecule has 5 atom stereocenters. The lowest BCUT2D eigenvalue weighted by Crippen LogP contribution is -2.56. The standard InChI is InChI=1S/C43H55FN8O9/c1-23(2)36(50-42(56)58-3)40(54)45-14-6-5-9-35-46-22-31(48-35)26-20-34-28(19-29(26)44)38(53)27-18-25(10-11-33(27)61-34)30-21-47-39(49-30)32-8-7-15-52(32)41(55)37(51-43(57)59-4)24-12-16-60-17-13-24/h10-11,18-20,23-24,30-32,36-37H,5-9,12-17,21-22H2,1-4H3,(H,45,54)(H,46,48)(H,47,49)(H,50,56)(H,51,57)/t30?,31?,32-,36-,37-/m0/s1. The topological polar surface area (TPSA) is 214 Å². The number of halogens is 1. The van der Waals surface area contributed by atoms with Crippen LogP contribution in [0.1, 0.15) is 82.0 Å². The van der Waals surface area contributed by atoms with Gasteiger partial charge in [0.15, 0.2) is 0 Å². The molecule has 2 unspecified atom stereocenters. The number of hydrogen-bond donors (Lipinski definition) is 5. The molecule has 18 heteroatoms. The first kappa shape index (κ1) is 43.3. The summed E-state index contributed by atoms with van der Waals surface area (Å²) in [6, 6.07) is 5.74. The van der Waals surface area contributed by atoms with Crippen LogP contribution in [0.3, 0.4) is 0 Å². The van der Waals surface area contributed by atoms with Crippen LogP contribution in [0.4, 0.5) is 14.0 Å². The zero-order chi connectivity index (χ0) is 43.2. The van der Waals surface area contributed by atoms with Crippen molar-refractivity contribution in [3.8, 4) is 0 Å². The van der Waals surface area contributed by atoms with E-state index in [2.05, 4.69) is 36.3 Å². The van der Waals surface area contributed by atoms with Gasteiger partial charge in [0.25, 0.3) is 0 Å². The van der Waals surface area contributed by atoms with Crippen LogP contribution in [-0.4, -0.2) is 112 Å². The maximum atomic E-state index is 15.7. The third-order valence-electron chi connectivity index (χ3n) is 12.0. The second-order valence-corrected chi connectivity index (χ2v) is 16.3. The summed E-state index contributed by atoms with van der Waals surface area (Å²) < 4.78 is 36.9. The molecule has 328 valence electrons. The van der Waals surface area contributed by atoms with E-state index in [1.165, 1.54) is 20.3 Å². The number of amidine groups is 2. The number of likely N-dealkylation sites (tertiary alicyclic amines) is 1. The highest BCUT2D eigenvalue weighted by atomic mass is 19.1. The summed E-state index contributed by atoms with van der Waals surface area (Å²) in [5.41, 5.74) is 1.43. The molecule has 17 nitrogen and oxygen atoms in total. The molecule has 2 fully saturated rings. The average molecular weight is 847 g/mol. The predicted octanol–water partition coefficient (Wildman–Crippen LogP) is 3.98. The zero-order valence-electron chi connectivity index (χ0n) is 35.0. The van der Waals surface area contributed by atoms with Crippen molar-refractivity contribution < 1.29 is 42.2 Å². The minimum absolute atomic E-state index is 0.0746. The number of fused-ring (bicyclic) bond motifs is 2. The number of aliphatic imine (C=N–C) groups is 2. The molecule has 1 aromatic heterocycles. The smallest absolute Gasteiger partial charge is 0.407 e. The van der Waals surface area contributed by atoms with Gasteiger partial charge in [-0.1, -0.05) is 19.9 Å². The summed E-state index contributed by atoms with van der Waals surface area (Å²) in [5.74, 6) is 0.221. The molecule has 5 heterocycles. The second-order valence-electron chi connectivity index (χ2n) is 16.3. The van der Waals surface area contributed by atoms with Gasteiger partial charge in [0.2, 0.25) is 17.2 Å². The fourth-order valence-electron chi connectivity index (χ4n) is 8.63. The molecule has 2 saturated heterocycles. The van der Waals surface area contributed by atoms with Crippen LogP contribution in [0.2, 0.25) is 0 Å². The number of hydrogen-bond acceptors (Lipinski definition) is 13. The normalized spacial score (nSPS) is 21.3. The summed E-state index contributed by atoms with van der Waals surface area (Å²) in [5, 5.41) is 15.4. The number of rotatable bonds is 14. The van der Waals surface area contributed by atoms with Crippen LogP contribution >= 0.6 is 0 Å². The van der Waals surface area contributed by atoms with Gasteiger partial charge in [-0.3, -0.25) is 24.4 Å². The van der Waals surface area contributed by atoms with Crippen molar-refractivity contribution >= 4 is 57.6 Å². The fraction of sp³-hybridized carbons (Fsp3) is 0.558. The lowest BCUT2D eigenvalue weighted by molar-refractivity contribution is -0.135. The van der Waals surface area contributed by atoms with E-state index >= 15 is 4.39 Å². The molecule has 0 saturated carbocycles. The van der Waals surface area contributed by atoms with E-state index in [1.807, 2.05) is 19.9 Å². The Bertz CT molecular complexity index is 2260. The van der Waals surface area contributed by atoms with E-state index in [4.69, 9.17) is 18.9 Å². The number of methoxy groups -OCH3 is 2. The van der Waals surface area contributed by atoms with E-state index in [-0.39, 0.29) is 52.1 Å². The van der Waals surface area contributed by atoms with Gasteiger partial charge >= 0.3 is 12.2 Å². The largest absolute Gasteiger partial charge is 0.456 e. The Labute approximate surface area is 352 Å². The Morgan fingerprint density at radius 2 is 1.66 bits per heavy atom. The van der Waals surface area contributed by atoms with Gasteiger partial charge < -0.3 is 50.1 Å². The summed E-state index contributed by atoms with van der Waals surface area (Å²) >= 11 is 0. The first-order valence-electron chi connectivity index (χ1n) is 21.1. The molecule has 0 aliphatic carbocycles. The molecule has 5 N–H and O–H groups in total. The molecule has 2 aromatic carbocycles. The van der Waals surface area contributed by atoms with Crippen molar-refractivity contribution in [1.82, 2.24) is 31.5 Å². The highest BCUT2D eigenvalue weighted by molar-refractivity contribution is 5.96. The summed E-state index contributed by atoms with van der Waals surface area (Å²) in [7, 11) is 2.53. The summed E-state index contributed by atoms with van der Waals surface area (Å²) in [4.78, 5) is 75.5. The number of unbranched alkanes of at least 4 members (excludes halogenated alkanes) is 1. The Hall–Kier alpha value is -5.78. The fourth-order valence-corrected chi connectivity index (χ4v) is 8.63. The Morgan fingerprint density at radius 3 is 2.41 bits per heavy atom. The molecule has 4 aliphatic heterocycles. The van der Waals surface area contributed by atoms with Crippen molar-refractivity contribution in [3.63, 3.8) is 0 Å². The molecule has 4 amide bonds. The highest BCUT2D eigenvalue weighted by Crippen LogP contribution is 2.31. The molecule has 7 rings (SSSR count). The monoisotopic (exact) mass is 846 g/mol. The molecular formula is C43H55FN8O9. The van der Waals surface area contributed by atoms with E-state index in [0.29, 0.717) is 100 Å². The van der Waals surface area contributed by atoms with Crippen LogP contribution in [0.15, 0.2) is 49.5 Å². The number of carbonyl (C=O) groups excluding carboxylic acids is 4. The number of amides is 4. The lowest BCUT2D eigenvalue weighted by atomic mass is 9.90. The van der Waals surface area contributed by atoms with Gasteiger partial charge in [-0.05, 0) is 80.2 Å². The van der Waals surface area contributed by atoms with Gasteiger partial charge in [0.1, 0.15) is 34.9 Å². The highest BCUT2D eigenvalue weighted by Gasteiger charge is 2.41. The molecule has 0 bridgehead atoms. The first-order chi connectivity index (χ1) is 29.4. The number of nitrogens with one attached hydrogen (secondary N) is 5. The molecule has 3 aromatic rings. The molecular weight excluding hydrogens is 792 g/mol. The van der Waals surface area contributed by atoms with Gasteiger partial charge in [-0.2, -0.15) is 0 Å². The number of ether oxygens (including phenoxy) is 3. The second kappa shape index (κ2) is 19.3. The summed E-state index contributed by atoms with van der Waals surface area (Å²) in [6.45, 7) is 6.38. The summed E-state index contributed by atoms with van der Waals surface area (Å²) in [6.07, 6.45) is 3.48. The number of benzene rings is 2. The maximum absolute atomic E-state index is 15.7. The predicted molar refractivity (Wildman–Crippen MR) is 225 cm³/mol. The molecule has 4 aliphatic rings. The van der Waals surface area contributed by atoms with Crippen LogP contribution in [0, 0.1) is 17.7 Å². The Kier molecular flexibility index (Phi) is 13.7. The molecule has 0 spiro atoms. The van der Waals surface area contributed by atoms with Crippen molar-refractivity contribution in [2.45, 2.75) is 89.0 Å².